The summed E-state index contributed by atoms with van der Waals surface area (Å²) in [6, 6.07) is 10.8. The van der Waals surface area contributed by atoms with Gasteiger partial charge in [-0.15, -0.1) is 0 Å². The second kappa shape index (κ2) is 3.50. The van der Waals surface area contributed by atoms with E-state index in [0.29, 0.717) is 21.6 Å². The summed E-state index contributed by atoms with van der Waals surface area (Å²) in [7, 11) is 0. The minimum atomic E-state index is -0.116. The molecule has 17 heavy (non-hydrogen) atoms. The van der Waals surface area contributed by atoms with E-state index in [1.54, 1.807) is 18.2 Å². The number of rotatable bonds is 0. The van der Waals surface area contributed by atoms with E-state index in [1.165, 1.54) is 0 Å². The summed E-state index contributed by atoms with van der Waals surface area (Å²) in [5.74, 6) is 0. The summed E-state index contributed by atoms with van der Waals surface area (Å²) < 4.78 is 0. The van der Waals surface area contributed by atoms with Gasteiger partial charge in [0, 0.05) is 10.8 Å². The minimum absolute atomic E-state index is 0.116. The van der Waals surface area contributed by atoms with Gasteiger partial charge in [-0.1, -0.05) is 29.8 Å². The Bertz CT molecular complexity index is 792. The SMILES string of the molecule is Nc1c(Cl)ccc2[nH]c(=O)c3ccccc3c12. The molecule has 0 saturated heterocycles. The highest BCUT2D eigenvalue weighted by Gasteiger charge is 2.09. The number of hydrogen-bond acceptors (Lipinski definition) is 2. The number of nitrogens with two attached hydrogens (primary N) is 1. The van der Waals surface area contributed by atoms with E-state index >= 15 is 0 Å². The second-order valence-corrected chi connectivity index (χ2v) is 4.29. The van der Waals surface area contributed by atoms with E-state index in [-0.39, 0.29) is 5.56 Å². The Labute approximate surface area is 102 Å². The molecule has 0 aliphatic heterocycles. The first-order valence-corrected chi connectivity index (χ1v) is 5.55. The minimum Gasteiger partial charge on any atom is -0.397 e. The van der Waals surface area contributed by atoms with Crippen molar-refractivity contribution in [1.29, 1.82) is 0 Å². The van der Waals surface area contributed by atoms with Gasteiger partial charge in [0.25, 0.3) is 5.56 Å². The highest BCUT2D eigenvalue weighted by molar-refractivity contribution is 6.35. The molecule has 0 atom stereocenters. The Morgan fingerprint density at radius 3 is 2.53 bits per heavy atom. The third-order valence-corrected chi connectivity index (χ3v) is 3.21. The molecule has 0 unspecified atom stereocenters. The van der Waals surface area contributed by atoms with Gasteiger partial charge in [-0.2, -0.15) is 0 Å². The molecular weight excluding hydrogens is 236 g/mol. The lowest BCUT2D eigenvalue weighted by Crippen LogP contribution is -2.07. The lowest BCUT2D eigenvalue weighted by Gasteiger charge is -2.07. The van der Waals surface area contributed by atoms with Crippen LogP contribution in [0.25, 0.3) is 21.7 Å². The quantitative estimate of drug-likeness (QED) is 0.472. The van der Waals surface area contributed by atoms with Crippen LogP contribution in [-0.4, -0.2) is 4.98 Å². The topological polar surface area (TPSA) is 58.9 Å². The van der Waals surface area contributed by atoms with E-state index in [4.69, 9.17) is 17.3 Å². The summed E-state index contributed by atoms with van der Waals surface area (Å²) in [5.41, 5.74) is 7.07. The fourth-order valence-electron chi connectivity index (χ4n) is 2.08. The van der Waals surface area contributed by atoms with Crippen LogP contribution in [0.5, 0.6) is 0 Å². The van der Waals surface area contributed by atoms with E-state index in [2.05, 4.69) is 4.98 Å². The zero-order valence-corrected chi connectivity index (χ0v) is 9.58. The van der Waals surface area contributed by atoms with Gasteiger partial charge in [0.1, 0.15) is 0 Å². The molecule has 3 nitrogen and oxygen atoms in total. The first-order chi connectivity index (χ1) is 8.18. The number of aromatic amines is 1. The largest absolute Gasteiger partial charge is 0.397 e. The van der Waals surface area contributed by atoms with Crippen molar-refractivity contribution in [1.82, 2.24) is 4.98 Å². The number of hydrogen-bond donors (Lipinski definition) is 2. The second-order valence-electron chi connectivity index (χ2n) is 3.88. The molecule has 1 heterocycles. The first kappa shape index (κ1) is 10.2. The van der Waals surface area contributed by atoms with Crippen molar-refractivity contribution in [3.63, 3.8) is 0 Å². The Hall–Kier alpha value is -2.00. The number of fused-ring (bicyclic) bond motifs is 3. The van der Waals surface area contributed by atoms with Crippen LogP contribution in [0, 0.1) is 0 Å². The molecule has 2 aromatic carbocycles. The van der Waals surface area contributed by atoms with Crippen LogP contribution >= 0.6 is 11.6 Å². The summed E-state index contributed by atoms with van der Waals surface area (Å²) in [4.78, 5) is 14.7. The van der Waals surface area contributed by atoms with E-state index in [0.717, 1.165) is 10.8 Å². The van der Waals surface area contributed by atoms with Crippen LogP contribution in [0.4, 0.5) is 5.69 Å². The van der Waals surface area contributed by atoms with Gasteiger partial charge in [0.2, 0.25) is 0 Å². The molecule has 0 bridgehead atoms. The van der Waals surface area contributed by atoms with Crippen molar-refractivity contribution in [3.8, 4) is 0 Å². The summed E-state index contributed by atoms with van der Waals surface area (Å²) in [6.45, 7) is 0. The zero-order valence-electron chi connectivity index (χ0n) is 8.83. The lowest BCUT2D eigenvalue weighted by molar-refractivity contribution is 1.34. The Balaban J connectivity index is 2.71. The van der Waals surface area contributed by atoms with Gasteiger partial charge in [-0.05, 0) is 23.6 Å². The number of nitrogens with one attached hydrogen (secondary N) is 1. The number of anilines is 1. The maximum atomic E-state index is 11.9. The molecule has 0 saturated carbocycles. The third-order valence-electron chi connectivity index (χ3n) is 2.88. The number of pyridine rings is 1. The van der Waals surface area contributed by atoms with Gasteiger partial charge >= 0.3 is 0 Å². The summed E-state index contributed by atoms with van der Waals surface area (Å²) in [5, 5.41) is 2.74. The smallest absolute Gasteiger partial charge is 0.256 e. The maximum absolute atomic E-state index is 11.9. The Morgan fingerprint density at radius 1 is 1.06 bits per heavy atom. The molecule has 3 aromatic rings. The molecular formula is C13H9ClN2O. The van der Waals surface area contributed by atoms with Crippen molar-refractivity contribution in [2.24, 2.45) is 0 Å². The molecule has 0 aliphatic rings. The fourth-order valence-corrected chi connectivity index (χ4v) is 2.23. The van der Waals surface area contributed by atoms with Crippen molar-refractivity contribution >= 4 is 39.0 Å². The summed E-state index contributed by atoms with van der Waals surface area (Å²) >= 11 is 6.01. The van der Waals surface area contributed by atoms with Crippen molar-refractivity contribution < 1.29 is 0 Å². The number of benzene rings is 2. The molecule has 0 amide bonds. The van der Waals surface area contributed by atoms with Crippen LogP contribution in [0.2, 0.25) is 5.02 Å². The van der Waals surface area contributed by atoms with Crippen LogP contribution in [-0.2, 0) is 0 Å². The van der Waals surface area contributed by atoms with Crippen LogP contribution in [0.1, 0.15) is 0 Å². The zero-order chi connectivity index (χ0) is 12.0. The average molecular weight is 245 g/mol. The normalized spacial score (nSPS) is 11.1. The highest BCUT2D eigenvalue weighted by atomic mass is 35.5. The number of nitrogen functional groups attached to an aromatic ring is 1. The van der Waals surface area contributed by atoms with Gasteiger partial charge in [-0.25, -0.2) is 0 Å². The van der Waals surface area contributed by atoms with Crippen molar-refractivity contribution in [2.75, 3.05) is 5.73 Å². The van der Waals surface area contributed by atoms with E-state index in [9.17, 15) is 4.79 Å². The van der Waals surface area contributed by atoms with Crippen LogP contribution in [0.3, 0.4) is 0 Å². The van der Waals surface area contributed by atoms with Crippen LogP contribution in [0.15, 0.2) is 41.2 Å². The van der Waals surface area contributed by atoms with Crippen molar-refractivity contribution in [2.45, 2.75) is 0 Å². The van der Waals surface area contributed by atoms with Gasteiger partial charge in [0.15, 0.2) is 0 Å². The number of H-pyrrole nitrogens is 1. The predicted molar refractivity (Wildman–Crippen MR) is 71.5 cm³/mol. The molecule has 0 fully saturated rings. The maximum Gasteiger partial charge on any atom is 0.256 e. The average Bonchev–Trinajstić information content (AvgIpc) is 2.34. The standard InChI is InChI=1S/C13H9ClN2O/c14-9-5-6-10-11(12(9)15)7-3-1-2-4-8(7)13(17)16-10/h1-6H,15H2,(H,16,17). The van der Waals surface area contributed by atoms with E-state index in [1.807, 2.05) is 18.2 Å². The van der Waals surface area contributed by atoms with Crippen LogP contribution < -0.4 is 11.3 Å². The molecule has 0 radical (unpaired) electrons. The van der Waals surface area contributed by atoms with Gasteiger partial charge < -0.3 is 10.7 Å². The number of halogens is 1. The molecule has 0 aliphatic carbocycles. The predicted octanol–water partition coefficient (Wildman–Crippen LogP) is 2.92. The first-order valence-electron chi connectivity index (χ1n) is 5.17. The highest BCUT2D eigenvalue weighted by Crippen LogP contribution is 2.31. The van der Waals surface area contributed by atoms with E-state index < -0.39 is 0 Å². The van der Waals surface area contributed by atoms with Gasteiger partial charge in [0.05, 0.1) is 16.2 Å². The van der Waals surface area contributed by atoms with Gasteiger partial charge in [-0.3, -0.25) is 4.79 Å². The van der Waals surface area contributed by atoms with Crippen molar-refractivity contribution in [3.05, 3.63) is 51.8 Å². The molecule has 0 spiro atoms. The Morgan fingerprint density at radius 2 is 1.76 bits per heavy atom. The monoisotopic (exact) mass is 244 g/mol. The summed E-state index contributed by atoms with van der Waals surface area (Å²) in [6.07, 6.45) is 0. The molecule has 3 rings (SSSR count). The third kappa shape index (κ3) is 1.40. The fraction of sp³-hybridized carbons (Fsp3) is 0. The number of aromatic nitrogens is 1. The Kier molecular flexibility index (Phi) is 2.09. The lowest BCUT2D eigenvalue weighted by atomic mass is 10.1. The molecule has 4 heteroatoms. The molecule has 84 valence electrons. The molecule has 3 N–H and O–H groups in total. The molecule has 1 aromatic heterocycles.